The molecule has 0 atom stereocenters. The van der Waals surface area contributed by atoms with Gasteiger partial charge in [0.2, 0.25) is 0 Å². The molecule has 0 saturated heterocycles. The highest BCUT2D eigenvalue weighted by Gasteiger charge is 2.19. The number of hydrogen-bond donors (Lipinski definition) is 0. The Morgan fingerprint density at radius 1 is 1.44 bits per heavy atom. The molecule has 2 rings (SSSR count). The SMILES string of the molecule is CSCCOC(=O)c1cc(Cl)c2c(c1)OCCO2. The molecular weight excluding hydrogens is 276 g/mol. The third-order valence-corrected chi connectivity index (χ3v) is 3.21. The summed E-state index contributed by atoms with van der Waals surface area (Å²) in [5.41, 5.74) is 0.380. The van der Waals surface area contributed by atoms with Crippen LogP contribution < -0.4 is 9.47 Å². The van der Waals surface area contributed by atoms with Gasteiger partial charge in [-0.3, -0.25) is 0 Å². The molecular formula is C12H13ClO4S. The van der Waals surface area contributed by atoms with Crippen molar-refractivity contribution >= 4 is 29.3 Å². The van der Waals surface area contributed by atoms with Gasteiger partial charge in [0, 0.05) is 5.75 Å². The molecule has 0 unspecified atom stereocenters. The number of benzene rings is 1. The fourth-order valence-corrected chi connectivity index (χ4v) is 2.04. The van der Waals surface area contributed by atoms with Crippen LogP contribution in [0, 0.1) is 0 Å². The average molecular weight is 289 g/mol. The third-order valence-electron chi connectivity index (χ3n) is 2.35. The predicted molar refractivity (Wildman–Crippen MR) is 71.1 cm³/mol. The average Bonchev–Trinajstić information content (AvgIpc) is 2.39. The van der Waals surface area contributed by atoms with Crippen molar-refractivity contribution in [2.45, 2.75) is 0 Å². The van der Waals surface area contributed by atoms with Gasteiger partial charge in [0.05, 0.1) is 10.6 Å². The fraction of sp³-hybridized carbons (Fsp3) is 0.417. The quantitative estimate of drug-likeness (QED) is 0.629. The maximum absolute atomic E-state index is 11.8. The van der Waals surface area contributed by atoms with Crippen molar-refractivity contribution in [3.63, 3.8) is 0 Å². The Kier molecular flexibility index (Phi) is 4.60. The number of rotatable bonds is 4. The van der Waals surface area contributed by atoms with E-state index in [4.69, 9.17) is 25.8 Å². The van der Waals surface area contributed by atoms with Gasteiger partial charge in [0.1, 0.15) is 19.8 Å². The first kappa shape index (κ1) is 13.4. The van der Waals surface area contributed by atoms with Crippen LogP contribution in [0.1, 0.15) is 10.4 Å². The Balaban J connectivity index is 2.14. The van der Waals surface area contributed by atoms with Crippen LogP contribution in [0.3, 0.4) is 0 Å². The van der Waals surface area contributed by atoms with Gasteiger partial charge in [0.25, 0.3) is 0 Å². The largest absolute Gasteiger partial charge is 0.486 e. The monoisotopic (exact) mass is 288 g/mol. The first-order valence-electron chi connectivity index (χ1n) is 5.47. The fourth-order valence-electron chi connectivity index (χ4n) is 1.53. The molecule has 1 aromatic carbocycles. The summed E-state index contributed by atoms with van der Waals surface area (Å²) >= 11 is 7.65. The van der Waals surface area contributed by atoms with Crippen LogP contribution in [0.25, 0.3) is 0 Å². The van der Waals surface area contributed by atoms with Gasteiger partial charge in [0.15, 0.2) is 11.5 Å². The van der Waals surface area contributed by atoms with E-state index >= 15 is 0 Å². The molecule has 0 spiro atoms. The van der Waals surface area contributed by atoms with E-state index < -0.39 is 5.97 Å². The number of hydrogen-bond acceptors (Lipinski definition) is 5. The Hall–Kier alpha value is -1.07. The van der Waals surface area contributed by atoms with Gasteiger partial charge in [-0.05, 0) is 18.4 Å². The lowest BCUT2D eigenvalue weighted by Crippen LogP contribution is -2.16. The molecule has 0 aliphatic carbocycles. The van der Waals surface area contributed by atoms with Gasteiger partial charge in [-0.2, -0.15) is 11.8 Å². The first-order valence-corrected chi connectivity index (χ1v) is 7.24. The van der Waals surface area contributed by atoms with E-state index in [0.29, 0.717) is 41.9 Å². The topological polar surface area (TPSA) is 44.8 Å². The van der Waals surface area contributed by atoms with Gasteiger partial charge < -0.3 is 14.2 Å². The molecule has 1 heterocycles. The number of ether oxygens (including phenoxy) is 3. The molecule has 1 aromatic rings. The summed E-state index contributed by atoms with van der Waals surface area (Å²) in [5.74, 6) is 1.35. The molecule has 98 valence electrons. The maximum atomic E-state index is 11.8. The van der Waals surface area contributed by atoms with Crippen LogP contribution in [-0.2, 0) is 4.74 Å². The lowest BCUT2D eigenvalue weighted by Gasteiger charge is -2.19. The van der Waals surface area contributed by atoms with Crippen LogP contribution in [0.4, 0.5) is 0 Å². The number of carbonyl (C=O) groups is 1. The molecule has 1 aliphatic heterocycles. The molecule has 0 N–H and O–H groups in total. The minimum Gasteiger partial charge on any atom is -0.486 e. The number of fused-ring (bicyclic) bond motifs is 1. The molecule has 6 heteroatoms. The zero-order chi connectivity index (χ0) is 13.0. The summed E-state index contributed by atoms with van der Waals surface area (Å²) in [6.45, 7) is 1.30. The Morgan fingerprint density at radius 2 is 2.22 bits per heavy atom. The van der Waals surface area contributed by atoms with Crippen LogP contribution in [-0.4, -0.2) is 37.8 Å². The highest BCUT2D eigenvalue weighted by Crippen LogP contribution is 2.38. The van der Waals surface area contributed by atoms with Crippen molar-refractivity contribution < 1.29 is 19.0 Å². The summed E-state index contributed by atoms with van der Waals surface area (Å²) in [6.07, 6.45) is 1.95. The highest BCUT2D eigenvalue weighted by atomic mass is 35.5. The van der Waals surface area contributed by atoms with E-state index in [-0.39, 0.29) is 0 Å². The summed E-state index contributed by atoms with van der Waals surface area (Å²) in [7, 11) is 0. The minimum atomic E-state index is -0.400. The molecule has 4 nitrogen and oxygen atoms in total. The maximum Gasteiger partial charge on any atom is 0.338 e. The van der Waals surface area contributed by atoms with Crippen molar-refractivity contribution in [1.82, 2.24) is 0 Å². The normalized spacial score (nSPS) is 13.2. The molecule has 0 saturated carbocycles. The van der Waals surface area contributed by atoms with Gasteiger partial charge in [-0.1, -0.05) is 11.6 Å². The molecule has 18 heavy (non-hydrogen) atoms. The number of esters is 1. The van der Waals surface area contributed by atoms with Crippen molar-refractivity contribution in [3.05, 3.63) is 22.7 Å². The molecule has 1 aliphatic rings. The van der Waals surface area contributed by atoms with E-state index in [2.05, 4.69) is 0 Å². The van der Waals surface area contributed by atoms with Crippen LogP contribution >= 0.6 is 23.4 Å². The van der Waals surface area contributed by atoms with Crippen molar-refractivity contribution in [2.24, 2.45) is 0 Å². The number of carbonyl (C=O) groups excluding carboxylic acids is 1. The van der Waals surface area contributed by atoms with E-state index in [0.717, 1.165) is 5.75 Å². The lowest BCUT2D eigenvalue weighted by atomic mass is 10.2. The Bertz CT molecular complexity index is 450. The van der Waals surface area contributed by atoms with Crippen molar-refractivity contribution in [1.29, 1.82) is 0 Å². The second-order valence-corrected chi connectivity index (χ2v) is 5.00. The first-order chi connectivity index (χ1) is 8.72. The number of halogens is 1. The lowest BCUT2D eigenvalue weighted by molar-refractivity contribution is 0.0529. The Labute approximate surface area is 115 Å². The third kappa shape index (κ3) is 3.03. The zero-order valence-corrected chi connectivity index (χ0v) is 11.5. The molecule has 0 bridgehead atoms. The molecule has 0 amide bonds. The second kappa shape index (κ2) is 6.20. The Morgan fingerprint density at radius 3 is 3.00 bits per heavy atom. The van der Waals surface area contributed by atoms with E-state index in [1.165, 1.54) is 6.07 Å². The number of thioether (sulfide) groups is 1. The summed E-state index contributed by atoms with van der Waals surface area (Å²) in [6, 6.07) is 3.14. The van der Waals surface area contributed by atoms with E-state index in [1.807, 2.05) is 6.26 Å². The van der Waals surface area contributed by atoms with Crippen LogP contribution in [0.15, 0.2) is 12.1 Å². The summed E-state index contributed by atoms with van der Waals surface area (Å²) < 4.78 is 15.9. The second-order valence-electron chi connectivity index (χ2n) is 3.61. The van der Waals surface area contributed by atoms with Gasteiger partial charge in [-0.25, -0.2) is 4.79 Å². The molecule has 0 aromatic heterocycles. The highest BCUT2D eigenvalue weighted by molar-refractivity contribution is 7.98. The van der Waals surface area contributed by atoms with Crippen molar-refractivity contribution in [3.8, 4) is 11.5 Å². The van der Waals surface area contributed by atoms with Gasteiger partial charge >= 0.3 is 5.97 Å². The summed E-state index contributed by atoms with van der Waals surface area (Å²) in [5, 5.41) is 0.365. The zero-order valence-electron chi connectivity index (χ0n) is 9.90. The van der Waals surface area contributed by atoms with Crippen LogP contribution in [0.2, 0.25) is 5.02 Å². The minimum absolute atomic E-state index is 0.365. The van der Waals surface area contributed by atoms with Gasteiger partial charge in [-0.15, -0.1) is 0 Å². The molecule has 0 fully saturated rings. The smallest absolute Gasteiger partial charge is 0.338 e. The summed E-state index contributed by atoms with van der Waals surface area (Å²) in [4.78, 5) is 11.8. The van der Waals surface area contributed by atoms with Crippen LogP contribution in [0.5, 0.6) is 11.5 Å². The van der Waals surface area contributed by atoms with E-state index in [1.54, 1.807) is 17.8 Å². The van der Waals surface area contributed by atoms with Crippen molar-refractivity contribution in [2.75, 3.05) is 31.8 Å². The standard InChI is InChI=1S/C12H13ClO4S/c1-18-5-4-17-12(14)8-6-9(13)11-10(7-8)15-2-3-16-11/h6-7H,2-5H2,1H3. The van der Waals surface area contributed by atoms with E-state index in [9.17, 15) is 4.79 Å². The predicted octanol–water partition coefficient (Wildman–Crippen LogP) is 2.63. The molecule has 0 radical (unpaired) electrons.